The van der Waals surface area contributed by atoms with Gasteiger partial charge in [-0.05, 0) is 33.2 Å². The molecule has 1 aromatic rings. The van der Waals surface area contributed by atoms with Crippen molar-refractivity contribution in [1.29, 1.82) is 0 Å². The molecule has 9 heteroatoms. The number of hydrogen-bond acceptors (Lipinski definition) is 7. The summed E-state index contributed by atoms with van der Waals surface area (Å²) in [5.41, 5.74) is 0.740. The monoisotopic (exact) mass is 588 g/mol. The predicted octanol–water partition coefficient (Wildman–Crippen LogP) is 3.22. The number of unbranched alkanes of at least 4 members (excludes halogenated alkanes) is 3. The van der Waals surface area contributed by atoms with E-state index in [0.717, 1.165) is 42.2 Å². The third kappa shape index (κ3) is 7.96. The summed E-state index contributed by atoms with van der Waals surface area (Å²) in [4.78, 5) is 23.9. The number of halogens is 1. The van der Waals surface area contributed by atoms with Crippen LogP contribution in [0.4, 0.5) is 0 Å². The number of rotatable bonds is 13. The third-order valence-electron chi connectivity index (χ3n) is 5.92. The first-order valence-corrected chi connectivity index (χ1v) is 13.6. The molecule has 2 aliphatic heterocycles. The number of carbonyl (C=O) groups is 2. The molecule has 5 atom stereocenters. The highest BCUT2D eigenvalue weighted by Crippen LogP contribution is 2.38. The van der Waals surface area contributed by atoms with Gasteiger partial charge < -0.3 is 29.6 Å². The normalized spacial score (nSPS) is 27.8. The first-order chi connectivity index (χ1) is 16.3. The van der Waals surface area contributed by atoms with Crippen molar-refractivity contribution in [1.82, 2.24) is 10.6 Å². The molecule has 0 spiro atoms. The largest absolute Gasteiger partial charge is 0.350 e. The van der Waals surface area contributed by atoms with Gasteiger partial charge in [-0.15, -0.1) is 0 Å². The van der Waals surface area contributed by atoms with E-state index in [-0.39, 0.29) is 30.0 Å². The van der Waals surface area contributed by atoms with Crippen molar-refractivity contribution in [2.75, 3.05) is 24.1 Å². The molecule has 0 bridgehead atoms. The minimum atomic E-state index is -0.728. The van der Waals surface area contributed by atoms with Gasteiger partial charge in [-0.25, -0.2) is 0 Å². The van der Waals surface area contributed by atoms with E-state index in [1.165, 1.54) is 6.92 Å². The van der Waals surface area contributed by atoms with Gasteiger partial charge in [0.15, 0.2) is 17.9 Å². The van der Waals surface area contributed by atoms with Crippen molar-refractivity contribution in [2.45, 2.75) is 82.9 Å². The smallest absolute Gasteiger partial charge is 0.217 e. The molecular formula is C25H37IN2O6. The molecule has 2 saturated heterocycles. The molecule has 0 saturated carbocycles. The Labute approximate surface area is 215 Å². The number of ether oxygens (including phenoxy) is 4. The van der Waals surface area contributed by atoms with E-state index in [4.69, 9.17) is 18.9 Å². The summed E-state index contributed by atoms with van der Waals surface area (Å²) in [5, 5.41) is 6.17. The fraction of sp³-hybridized carbons (Fsp3) is 0.680. The molecule has 5 unspecified atom stereocenters. The second-order valence-corrected chi connectivity index (χ2v) is 10.1. The summed E-state index contributed by atoms with van der Waals surface area (Å²) in [6, 6.07) is 8.92. The van der Waals surface area contributed by atoms with Gasteiger partial charge in [-0.2, -0.15) is 0 Å². The van der Waals surface area contributed by atoms with Crippen LogP contribution in [0.15, 0.2) is 30.3 Å². The second kappa shape index (κ2) is 13.3. The molecule has 0 aromatic heterocycles. The molecule has 34 heavy (non-hydrogen) atoms. The molecule has 0 aliphatic carbocycles. The summed E-state index contributed by atoms with van der Waals surface area (Å²) < 4.78 is 25.2. The van der Waals surface area contributed by atoms with Crippen LogP contribution in [0.5, 0.6) is 0 Å². The van der Waals surface area contributed by atoms with Crippen LogP contribution >= 0.6 is 22.6 Å². The van der Waals surface area contributed by atoms with Gasteiger partial charge in [0.05, 0.1) is 12.6 Å². The van der Waals surface area contributed by atoms with E-state index >= 15 is 0 Å². The van der Waals surface area contributed by atoms with E-state index in [2.05, 4.69) is 33.2 Å². The molecule has 2 fully saturated rings. The molecule has 2 N–H and O–H groups in total. The lowest BCUT2D eigenvalue weighted by atomic mass is 9.97. The van der Waals surface area contributed by atoms with Gasteiger partial charge in [-0.3, -0.25) is 9.59 Å². The lowest BCUT2D eigenvalue weighted by Crippen LogP contribution is -2.63. The molecule has 2 aliphatic rings. The molecule has 190 valence electrons. The maximum absolute atomic E-state index is 12.1. The second-order valence-electron chi connectivity index (χ2n) is 9.24. The highest BCUT2D eigenvalue weighted by Gasteiger charge is 2.55. The molecule has 3 rings (SSSR count). The number of benzene rings is 1. The van der Waals surface area contributed by atoms with Crippen LogP contribution in [-0.2, 0) is 23.7 Å². The summed E-state index contributed by atoms with van der Waals surface area (Å²) in [7, 11) is 0. The van der Waals surface area contributed by atoms with E-state index in [0.29, 0.717) is 13.2 Å². The SMILES string of the molecule is CC(=O)NC1C(OCCCCCCNCC(=O)c2ccccc2)OC(CI)C2OC(C)(C)OC12. The summed E-state index contributed by atoms with van der Waals surface area (Å²) in [6.07, 6.45) is 2.65. The van der Waals surface area contributed by atoms with Crippen LogP contribution in [0.2, 0.25) is 0 Å². The number of alkyl halides is 1. The van der Waals surface area contributed by atoms with Crippen LogP contribution in [0.25, 0.3) is 0 Å². The number of Topliss-reactive ketones (excluding diaryl/α,β-unsaturated/α-hetero) is 1. The van der Waals surface area contributed by atoms with Crippen molar-refractivity contribution < 1.29 is 28.5 Å². The number of hydrogen-bond donors (Lipinski definition) is 2. The number of nitrogens with one attached hydrogen (secondary N) is 2. The Morgan fingerprint density at radius 1 is 1.06 bits per heavy atom. The third-order valence-corrected chi connectivity index (χ3v) is 6.79. The minimum absolute atomic E-state index is 0.113. The quantitative estimate of drug-likeness (QED) is 0.158. The number of fused-ring (bicyclic) bond motifs is 1. The Balaban J connectivity index is 1.35. The van der Waals surface area contributed by atoms with Gasteiger partial charge in [0.1, 0.15) is 18.2 Å². The van der Waals surface area contributed by atoms with E-state index in [1.807, 2.05) is 44.2 Å². The number of amides is 1. The van der Waals surface area contributed by atoms with Crippen molar-refractivity contribution >= 4 is 34.3 Å². The van der Waals surface area contributed by atoms with Crippen molar-refractivity contribution in [3.63, 3.8) is 0 Å². The molecular weight excluding hydrogens is 551 g/mol. The molecule has 2 heterocycles. The minimum Gasteiger partial charge on any atom is -0.350 e. The van der Waals surface area contributed by atoms with E-state index in [9.17, 15) is 9.59 Å². The maximum Gasteiger partial charge on any atom is 0.217 e. The first-order valence-electron chi connectivity index (χ1n) is 12.1. The summed E-state index contributed by atoms with van der Waals surface area (Å²) in [6.45, 7) is 6.95. The van der Waals surface area contributed by atoms with Crippen LogP contribution in [0.1, 0.15) is 56.8 Å². The highest BCUT2D eigenvalue weighted by atomic mass is 127. The van der Waals surface area contributed by atoms with E-state index in [1.54, 1.807) is 0 Å². The standard InChI is InChI=1S/C25H37IN2O6/c1-17(29)28-21-23-22(33-25(2,3)34-23)20(15-26)32-24(21)31-14-10-5-4-9-13-27-16-19(30)18-11-7-6-8-12-18/h6-8,11-12,20-24,27H,4-5,9-10,13-16H2,1-3H3,(H,28,29). The number of carbonyl (C=O) groups excluding carboxylic acids is 2. The fourth-order valence-corrected chi connectivity index (χ4v) is 5.07. The Morgan fingerprint density at radius 3 is 2.47 bits per heavy atom. The van der Waals surface area contributed by atoms with Gasteiger partial charge >= 0.3 is 0 Å². The lowest BCUT2D eigenvalue weighted by Gasteiger charge is -2.41. The molecule has 8 nitrogen and oxygen atoms in total. The zero-order valence-corrected chi connectivity index (χ0v) is 22.4. The average molecular weight is 588 g/mol. The topological polar surface area (TPSA) is 95.1 Å². The zero-order chi connectivity index (χ0) is 24.6. The Kier molecular flexibility index (Phi) is 10.7. The average Bonchev–Trinajstić information content (AvgIpc) is 3.14. The fourth-order valence-electron chi connectivity index (χ4n) is 4.36. The molecule has 0 radical (unpaired) electrons. The van der Waals surface area contributed by atoms with Crippen LogP contribution in [0, 0.1) is 0 Å². The Bertz CT molecular complexity index is 793. The van der Waals surface area contributed by atoms with Crippen LogP contribution in [-0.4, -0.2) is 72.2 Å². The predicted molar refractivity (Wildman–Crippen MR) is 137 cm³/mol. The molecule has 1 amide bonds. The zero-order valence-electron chi connectivity index (χ0n) is 20.3. The maximum atomic E-state index is 12.1. The van der Waals surface area contributed by atoms with Crippen molar-refractivity contribution in [2.24, 2.45) is 0 Å². The summed E-state index contributed by atoms with van der Waals surface area (Å²) >= 11 is 2.28. The van der Waals surface area contributed by atoms with Gasteiger partial charge in [0.2, 0.25) is 5.91 Å². The van der Waals surface area contributed by atoms with Crippen LogP contribution in [0.3, 0.4) is 0 Å². The van der Waals surface area contributed by atoms with Crippen molar-refractivity contribution in [3.05, 3.63) is 35.9 Å². The summed E-state index contributed by atoms with van der Waals surface area (Å²) in [5.74, 6) is -0.767. The highest BCUT2D eigenvalue weighted by molar-refractivity contribution is 14.1. The van der Waals surface area contributed by atoms with Gasteiger partial charge in [0.25, 0.3) is 0 Å². The van der Waals surface area contributed by atoms with Crippen LogP contribution < -0.4 is 10.6 Å². The number of ketones is 1. The van der Waals surface area contributed by atoms with Gasteiger partial charge in [-0.1, -0.05) is 65.8 Å². The van der Waals surface area contributed by atoms with Crippen molar-refractivity contribution in [3.8, 4) is 0 Å². The first kappa shape index (κ1) is 27.5. The Hall–Kier alpha value is -1.11. The lowest BCUT2D eigenvalue weighted by molar-refractivity contribution is -0.238. The van der Waals surface area contributed by atoms with E-state index < -0.39 is 18.1 Å². The molecule has 1 aromatic carbocycles. The Morgan fingerprint density at radius 2 is 1.76 bits per heavy atom. The van der Waals surface area contributed by atoms with Gasteiger partial charge in [0, 0.05) is 23.5 Å².